The van der Waals surface area contributed by atoms with Crippen molar-refractivity contribution in [3.05, 3.63) is 17.5 Å². The van der Waals surface area contributed by atoms with Crippen molar-refractivity contribution in [2.75, 3.05) is 18.8 Å². The first-order chi connectivity index (χ1) is 12.3. The van der Waals surface area contributed by atoms with Gasteiger partial charge in [-0.05, 0) is 43.1 Å². The second-order valence-corrected chi connectivity index (χ2v) is 8.30. The molecule has 2 unspecified atom stereocenters. The summed E-state index contributed by atoms with van der Waals surface area (Å²) in [4.78, 5) is 23.2. The van der Waals surface area contributed by atoms with Crippen LogP contribution in [0.15, 0.2) is 6.07 Å². The summed E-state index contributed by atoms with van der Waals surface area (Å²) in [7, 11) is 0. The topological polar surface area (TPSA) is 96.2 Å². The summed E-state index contributed by atoms with van der Waals surface area (Å²) >= 11 is 0. The number of carbonyl (C=O) groups is 1. The number of aromatic nitrogens is 2. The summed E-state index contributed by atoms with van der Waals surface area (Å²) in [6.07, 6.45) is 3.21. The summed E-state index contributed by atoms with van der Waals surface area (Å²) < 4.78 is 0. The molecule has 144 valence electrons. The molecule has 0 radical (unpaired) electrons. The van der Waals surface area contributed by atoms with Crippen molar-refractivity contribution in [3.8, 4) is 0 Å². The zero-order chi connectivity index (χ0) is 18.8. The molecular weight excluding hydrogens is 328 g/mol. The highest BCUT2D eigenvalue weighted by Crippen LogP contribution is 2.27. The molecule has 3 rings (SSSR count). The van der Waals surface area contributed by atoms with Gasteiger partial charge in [-0.2, -0.15) is 0 Å². The highest BCUT2D eigenvalue weighted by molar-refractivity contribution is 5.92. The molecule has 2 aliphatic rings. The van der Waals surface area contributed by atoms with Crippen LogP contribution in [0.2, 0.25) is 0 Å². The van der Waals surface area contributed by atoms with E-state index in [9.17, 15) is 4.79 Å². The maximum Gasteiger partial charge on any atom is 0.272 e. The minimum absolute atomic E-state index is 0.0305. The lowest BCUT2D eigenvalue weighted by molar-refractivity contribution is 0.0667. The van der Waals surface area contributed by atoms with Gasteiger partial charge in [-0.15, -0.1) is 0 Å². The summed E-state index contributed by atoms with van der Waals surface area (Å²) in [5.41, 5.74) is 13.9. The summed E-state index contributed by atoms with van der Waals surface area (Å²) in [6.45, 7) is 10.1. The van der Waals surface area contributed by atoms with E-state index in [-0.39, 0.29) is 17.8 Å². The van der Waals surface area contributed by atoms with Crippen molar-refractivity contribution >= 4 is 11.9 Å². The molecule has 7 heteroatoms. The highest BCUT2D eigenvalue weighted by atomic mass is 16.2. The van der Waals surface area contributed by atoms with Crippen molar-refractivity contribution in [3.63, 3.8) is 0 Å². The molecule has 26 heavy (non-hydrogen) atoms. The van der Waals surface area contributed by atoms with E-state index < -0.39 is 0 Å². The third-order valence-corrected chi connectivity index (χ3v) is 5.74. The number of hydrogen-bond donors (Lipinski definition) is 3. The van der Waals surface area contributed by atoms with Gasteiger partial charge in [0.25, 0.3) is 5.91 Å². The Morgan fingerprint density at radius 2 is 1.88 bits per heavy atom. The molecule has 1 aromatic rings. The molecule has 0 saturated carbocycles. The van der Waals surface area contributed by atoms with Gasteiger partial charge in [0.1, 0.15) is 5.69 Å². The normalized spacial score (nSPS) is 24.6. The average molecular weight is 361 g/mol. The number of rotatable bonds is 4. The monoisotopic (exact) mass is 360 g/mol. The molecule has 1 aromatic heterocycles. The van der Waals surface area contributed by atoms with Crippen LogP contribution in [0.5, 0.6) is 0 Å². The van der Waals surface area contributed by atoms with Crippen molar-refractivity contribution < 1.29 is 4.79 Å². The number of anilines is 1. The van der Waals surface area contributed by atoms with Crippen LogP contribution in [0.25, 0.3) is 0 Å². The Balaban J connectivity index is 1.59. The number of nitrogens with one attached hydrogen (secondary N) is 2. The highest BCUT2D eigenvalue weighted by Gasteiger charge is 2.34. The predicted octanol–water partition coefficient (Wildman–Crippen LogP) is 1.93. The molecule has 2 fully saturated rings. The Bertz CT molecular complexity index is 639. The summed E-state index contributed by atoms with van der Waals surface area (Å²) in [5, 5.41) is 0. The quantitative estimate of drug-likeness (QED) is 0.759. The van der Waals surface area contributed by atoms with Crippen molar-refractivity contribution in [1.82, 2.24) is 25.7 Å². The van der Waals surface area contributed by atoms with Crippen LogP contribution in [0.3, 0.4) is 0 Å². The molecule has 0 spiro atoms. The predicted molar refractivity (Wildman–Crippen MR) is 102 cm³/mol. The second kappa shape index (κ2) is 7.88. The van der Waals surface area contributed by atoms with Crippen LogP contribution in [-0.2, 0) is 0 Å². The summed E-state index contributed by atoms with van der Waals surface area (Å²) in [5.74, 6) is 1.60. The third-order valence-electron chi connectivity index (χ3n) is 5.74. The van der Waals surface area contributed by atoms with E-state index in [4.69, 9.17) is 5.73 Å². The van der Waals surface area contributed by atoms with E-state index in [1.165, 1.54) is 0 Å². The van der Waals surface area contributed by atoms with Crippen molar-refractivity contribution in [1.29, 1.82) is 0 Å². The van der Waals surface area contributed by atoms with Crippen LogP contribution < -0.4 is 16.6 Å². The van der Waals surface area contributed by atoms with Crippen molar-refractivity contribution in [2.45, 2.75) is 65.0 Å². The van der Waals surface area contributed by atoms with Gasteiger partial charge in [-0.25, -0.2) is 9.97 Å². The van der Waals surface area contributed by atoms with Gasteiger partial charge in [0.15, 0.2) is 0 Å². The zero-order valence-electron chi connectivity index (χ0n) is 16.3. The van der Waals surface area contributed by atoms with Gasteiger partial charge >= 0.3 is 0 Å². The molecule has 3 heterocycles. The number of nitrogens with zero attached hydrogens (tertiary/aromatic N) is 3. The number of likely N-dealkylation sites (tertiary alicyclic amines) is 1. The number of hydrazine groups is 1. The SMILES string of the molecule is CC(C)c1cc(C(=O)N2CCC(C3CC(C(C)C)NN3)CC2)nc(N)n1. The van der Waals surface area contributed by atoms with Crippen LogP contribution in [0, 0.1) is 11.8 Å². The largest absolute Gasteiger partial charge is 0.368 e. The van der Waals surface area contributed by atoms with Gasteiger partial charge < -0.3 is 10.6 Å². The Kier molecular flexibility index (Phi) is 5.77. The van der Waals surface area contributed by atoms with E-state index in [0.29, 0.717) is 29.6 Å². The molecule has 0 aliphatic carbocycles. The average Bonchev–Trinajstić information content (AvgIpc) is 3.11. The number of hydrogen-bond acceptors (Lipinski definition) is 6. The van der Waals surface area contributed by atoms with E-state index in [0.717, 1.165) is 38.0 Å². The Labute approximate surface area is 156 Å². The Morgan fingerprint density at radius 1 is 1.19 bits per heavy atom. The lowest BCUT2D eigenvalue weighted by atomic mass is 9.85. The first-order valence-corrected chi connectivity index (χ1v) is 9.80. The fourth-order valence-corrected chi connectivity index (χ4v) is 3.91. The number of nitrogens with two attached hydrogens (primary N) is 1. The van der Waals surface area contributed by atoms with Crippen LogP contribution >= 0.6 is 0 Å². The first kappa shape index (κ1) is 19.0. The zero-order valence-corrected chi connectivity index (χ0v) is 16.3. The van der Waals surface area contributed by atoms with Gasteiger partial charge in [-0.1, -0.05) is 27.7 Å². The molecule has 4 N–H and O–H groups in total. The number of amides is 1. The first-order valence-electron chi connectivity index (χ1n) is 9.80. The number of piperidine rings is 1. The van der Waals surface area contributed by atoms with E-state index >= 15 is 0 Å². The smallest absolute Gasteiger partial charge is 0.272 e. The van der Waals surface area contributed by atoms with Crippen LogP contribution in [-0.4, -0.2) is 45.9 Å². The lowest BCUT2D eigenvalue weighted by Gasteiger charge is -2.34. The molecule has 2 aliphatic heterocycles. The third kappa shape index (κ3) is 4.15. The van der Waals surface area contributed by atoms with E-state index in [1.54, 1.807) is 6.07 Å². The minimum Gasteiger partial charge on any atom is -0.368 e. The Hall–Kier alpha value is -1.73. The number of nitrogen functional groups attached to an aromatic ring is 1. The van der Waals surface area contributed by atoms with Gasteiger partial charge in [0.05, 0.1) is 0 Å². The fourth-order valence-electron chi connectivity index (χ4n) is 3.91. The number of carbonyl (C=O) groups excluding carboxylic acids is 1. The lowest BCUT2D eigenvalue weighted by Crippen LogP contribution is -2.45. The molecule has 2 saturated heterocycles. The van der Waals surface area contributed by atoms with E-state index in [1.807, 2.05) is 18.7 Å². The molecule has 1 amide bonds. The maximum atomic E-state index is 12.8. The fraction of sp³-hybridized carbons (Fsp3) is 0.737. The Morgan fingerprint density at radius 3 is 2.46 bits per heavy atom. The molecular formula is C19H32N6O. The van der Waals surface area contributed by atoms with E-state index in [2.05, 4.69) is 34.7 Å². The maximum absolute atomic E-state index is 12.8. The van der Waals surface area contributed by atoms with Gasteiger partial charge in [0, 0.05) is 30.9 Å². The van der Waals surface area contributed by atoms with Gasteiger partial charge in [0.2, 0.25) is 5.95 Å². The summed E-state index contributed by atoms with van der Waals surface area (Å²) in [6, 6.07) is 2.82. The van der Waals surface area contributed by atoms with Crippen molar-refractivity contribution in [2.24, 2.45) is 11.8 Å². The molecule has 2 atom stereocenters. The minimum atomic E-state index is -0.0305. The molecule has 7 nitrogen and oxygen atoms in total. The second-order valence-electron chi connectivity index (χ2n) is 8.30. The van der Waals surface area contributed by atoms with Gasteiger partial charge in [-0.3, -0.25) is 15.6 Å². The van der Waals surface area contributed by atoms with Crippen LogP contribution in [0.4, 0.5) is 5.95 Å². The molecule has 0 bridgehead atoms. The standard InChI is InChI=1S/C19H32N6O/c1-11(2)14-9-17(22-19(20)21-14)18(26)25-7-5-13(6-8-25)16-10-15(12(3)4)23-24-16/h9,11-13,15-16,23-24H,5-8,10H2,1-4H3,(H2,20,21,22). The van der Waals surface area contributed by atoms with Crippen LogP contribution in [0.1, 0.15) is 69.1 Å². The molecule has 0 aromatic carbocycles.